The van der Waals surface area contributed by atoms with Gasteiger partial charge >= 0.3 is 0 Å². The summed E-state index contributed by atoms with van der Waals surface area (Å²) in [6.07, 6.45) is 5.04. The monoisotopic (exact) mass is 249 g/mol. The maximum Gasteiger partial charge on any atom is 0.269 e. The molecule has 0 aliphatic heterocycles. The standard InChI is InChI=1S/C14H23N3O/c1-4-7-11(5-2)17-12-8-9-16-13(10-12)14(18)15-6-3/h8-11H,4-7H2,1-3H3,(H,15,18)(H,16,17). The lowest BCUT2D eigenvalue weighted by Gasteiger charge is -2.17. The number of amides is 1. The summed E-state index contributed by atoms with van der Waals surface area (Å²) in [4.78, 5) is 15.8. The third kappa shape index (κ3) is 4.35. The Balaban J connectivity index is 2.72. The van der Waals surface area contributed by atoms with Crippen molar-refractivity contribution in [3.05, 3.63) is 24.0 Å². The van der Waals surface area contributed by atoms with E-state index in [1.807, 2.05) is 19.1 Å². The van der Waals surface area contributed by atoms with Crippen LogP contribution in [0.4, 0.5) is 5.69 Å². The van der Waals surface area contributed by atoms with E-state index in [1.54, 1.807) is 6.20 Å². The zero-order valence-corrected chi connectivity index (χ0v) is 11.5. The van der Waals surface area contributed by atoms with E-state index in [2.05, 4.69) is 29.5 Å². The lowest BCUT2D eigenvalue weighted by molar-refractivity contribution is 0.0951. The van der Waals surface area contributed by atoms with Crippen molar-refractivity contribution in [2.75, 3.05) is 11.9 Å². The number of carbonyl (C=O) groups excluding carboxylic acids is 1. The highest BCUT2D eigenvalue weighted by atomic mass is 16.1. The molecule has 0 aliphatic rings. The number of nitrogens with zero attached hydrogens (tertiary/aromatic N) is 1. The lowest BCUT2D eigenvalue weighted by Crippen LogP contribution is -2.24. The van der Waals surface area contributed by atoms with Crippen LogP contribution in [0.3, 0.4) is 0 Å². The maximum atomic E-state index is 11.7. The van der Waals surface area contributed by atoms with Gasteiger partial charge in [-0.05, 0) is 31.9 Å². The van der Waals surface area contributed by atoms with E-state index in [-0.39, 0.29) is 5.91 Å². The zero-order chi connectivity index (χ0) is 13.4. The minimum absolute atomic E-state index is 0.121. The fraction of sp³-hybridized carbons (Fsp3) is 0.571. The minimum atomic E-state index is -0.121. The lowest BCUT2D eigenvalue weighted by atomic mass is 10.1. The van der Waals surface area contributed by atoms with Crippen LogP contribution in [0.2, 0.25) is 0 Å². The second kappa shape index (κ2) is 7.69. The summed E-state index contributed by atoms with van der Waals surface area (Å²) in [5, 5.41) is 6.20. The molecule has 1 atom stereocenters. The predicted molar refractivity (Wildman–Crippen MR) is 74.9 cm³/mol. The summed E-state index contributed by atoms with van der Waals surface area (Å²) in [6, 6.07) is 4.17. The largest absolute Gasteiger partial charge is 0.382 e. The third-order valence-corrected chi connectivity index (χ3v) is 2.83. The molecule has 1 aromatic heterocycles. The fourth-order valence-electron chi connectivity index (χ4n) is 1.86. The number of anilines is 1. The number of carbonyl (C=O) groups is 1. The molecule has 1 aromatic rings. The summed E-state index contributed by atoms with van der Waals surface area (Å²) >= 11 is 0. The molecule has 0 radical (unpaired) electrons. The van der Waals surface area contributed by atoms with Gasteiger partial charge in [0.15, 0.2) is 0 Å². The highest BCUT2D eigenvalue weighted by molar-refractivity contribution is 5.93. The molecule has 0 bridgehead atoms. The van der Waals surface area contributed by atoms with Gasteiger partial charge in [0, 0.05) is 24.5 Å². The number of rotatable bonds is 7. The second-order valence-electron chi connectivity index (χ2n) is 4.33. The van der Waals surface area contributed by atoms with Crippen LogP contribution in [0.1, 0.15) is 50.5 Å². The molecule has 18 heavy (non-hydrogen) atoms. The Morgan fingerprint density at radius 1 is 1.39 bits per heavy atom. The van der Waals surface area contributed by atoms with Gasteiger partial charge in [-0.2, -0.15) is 0 Å². The van der Waals surface area contributed by atoms with Gasteiger partial charge in [0.05, 0.1) is 0 Å². The first-order chi connectivity index (χ1) is 8.71. The van der Waals surface area contributed by atoms with Crippen molar-refractivity contribution in [1.82, 2.24) is 10.3 Å². The van der Waals surface area contributed by atoms with Crippen LogP contribution < -0.4 is 10.6 Å². The van der Waals surface area contributed by atoms with Crippen LogP contribution in [-0.2, 0) is 0 Å². The molecular weight excluding hydrogens is 226 g/mol. The van der Waals surface area contributed by atoms with Gasteiger partial charge in [0.1, 0.15) is 5.69 Å². The normalized spacial score (nSPS) is 11.9. The van der Waals surface area contributed by atoms with Crippen molar-refractivity contribution >= 4 is 11.6 Å². The van der Waals surface area contributed by atoms with Crippen LogP contribution >= 0.6 is 0 Å². The van der Waals surface area contributed by atoms with Gasteiger partial charge in [0.2, 0.25) is 0 Å². The van der Waals surface area contributed by atoms with Crippen LogP contribution in [0, 0.1) is 0 Å². The smallest absolute Gasteiger partial charge is 0.269 e. The quantitative estimate of drug-likeness (QED) is 0.781. The van der Waals surface area contributed by atoms with Crippen molar-refractivity contribution in [2.45, 2.75) is 46.1 Å². The van der Waals surface area contributed by atoms with Gasteiger partial charge in [0.25, 0.3) is 5.91 Å². The summed E-state index contributed by atoms with van der Waals surface area (Å²) < 4.78 is 0. The highest BCUT2D eigenvalue weighted by Gasteiger charge is 2.09. The Labute approximate surface area is 109 Å². The van der Waals surface area contributed by atoms with E-state index in [0.717, 1.165) is 24.9 Å². The Bertz CT molecular complexity index is 379. The molecule has 2 N–H and O–H groups in total. The van der Waals surface area contributed by atoms with E-state index < -0.39 is 0 Å². The van der Waals surface area contributed by atoms with Gasteiger partial charge in [-0.3, -0.25) is 9.78 Å². The summed E-state index contributed by atoms with van der Waals surface area (Å²) in [6.45, 7) is 6.86. The first-order valence-electron chi connectivity index (χ1n) is 6.72. The molecule has 0 saturated heterocycles. The number of nitrogens with one attached hydrogen (secondary N) is 2. The summed E-state index contributed by atoms with van der Waals surface area (Å²) in [5.41, 5.74) is 1.43. The second-order valence-corrected chi connectivity index (χ2v) is 4.33. The van der Waals surface area contributed by atoms with E-state index >= 15 is 0 Å². The average molecular weight is 249 g/mol. The van der Waals surface area contributed by atoms with Crippen molar-refractivity contribution in [3.8, 4) is 0 Å². The molecule has 100 valence electrons. The number of hydrogen-bond acceptors (Lipinski definition) is 3. The predicted octanol–water partition coefficient (Wildman–Crippen LogP) is 2.82. The van der Waals surface area contributed by atoms with E-state index in [0.29, 0.717) is 18.3 Å². The zero-order valence-electron chi connectivity index (χ0n) is 11.5. The van der Waals surface area contributed by atoms with E-state index in [9.17, 15) is 4.79 Å². The Morgan fingerprint density at radius 2 is 2.17 bits per heavy atom. The molecule has 1 unspecified atom stereocenters. The van der Waals surface area contributed by atoms with Crippen molar-refractivity contribution in [1.29, 1.82) is 0 Å². The van der Waals surface area contributed by atoms with Crippen LogP contribution in [0.25, 0.3) is 0 Å². The molecule has 1 amide bonds. The molecule has 0 fully saturated rings. The van der Waals surface area contributed by atoms with E-state index in [4.69, 9.17) is 0 Å². The Kier molecular flexibility index (Phi) is 6.19. The van der Waals surface area contributed by atoms with E-state index in [1.165, 1.54) is 0 Å². The Morgan fingerprint density at radius 3 is 2.78 bits per heavy atom. The number of hydrogen-bond donors (Lipinski definition) is 2. The average Bonchev–Trinajstić information content (AvgIpc) is 2.39. The molecule has 4 heteroatoms. The first kappa shape index (κ1) is 14.5. The SMILES string of the molecule is CCCC(CC)Nc1ccnc(C(=O)NCC)c1. The third-order valence-electron chi connectivity index (χ3n) is 2.83. The Hall–Kier alpha value is -1.58. The summed E-state index contributed by atoms with van der Waals surface area (Å²) in [7, 11) is 0. The van der Waals surface area contributed by atoms with Gasteiger partial charge in [-0.25, -0.2) is 0 Å². The molecule has 0 aliphatic carbocycles. The van der Waals surface area contributed by atoms with Gasteiger partial charge in [-0.15, -0.1) is 0 Å². The molecular formula is C14H23N3O. The molecule has 4 nitrogen and oxygen atoms in total. The maximum absolute atomic E-state index is 11.7. The summed E-state index contributed by atoms with van der Waals surface area (Å²) in [5.74, 6) is -0.121. The first-order valence-corrected chi connectivity index (χ1v) is 6.72. The topological polar surface area (TPSA) is 54.0 Å². The van der Waals surface area contributed by atoms with Crippen LogP contribution in [-0.4, -0.2) is 23.5 Å². The van der Waals surface area contributed by atoms with Crippen LogP contribution in [0.15, 0.2) is 18.3 Å². The van der Waals surface area contributed by atoms with Crippen LogP contribution in [0.5, 0.6) is 0 Å². The highest BCUT2D eigenvalue weighted by Crippen LogP contribution is 2.13. The minimum Gasteiger partial charge on any atom is -0.382 e. The van der Waals surface area contributed by atoms with Crippen molar-refractivity contribution in [3.63, 3.8) is 0 Å². The van der Waals surface area contributed by atoms with Crippen molar-refractivity contribution in [2.24, 2.45) is 0 Å². The van der Waals surface area contributed by atoms with Crippen molar-refractivity contribution < 1.29 is 4.79 Å². The molecule has 1 rings (SSSR count). The van der Waals surface area contributed by atoms with Gasteiger partial charge in [-0.1, -0.05) is 20.3 Å². The molecule has 0 spiro atoms. The molecule has 0 aromatic carbocycles. The fourth-order valence-corrected chi connectivity index (χ4v) is 1.86. The molecule has 1 heterocycles. The van der Waals surface area contributed by atoms with Gasteiger partial charge < -0.3 is 10.6 Å². The number of pyridine rings is 1. The molecule has 0 saturated carbocycles. The number of aromatic nitrogens is 1.